The second-order valence-corrected chi connectivity index (χ2v) is 5.18. The zero-order chi connectivity index (χ0) is 13.0. The number of carbonyl (C=O) groups is 2. The minimum absolute atomic E-state index is 0.185. The summed E-state index contributed by atoms with van der Waals surface area (Å²) in [5.41, 5.74) is 0. The first-order valence-electron chi connectivity index (χ1n) is 3.90. The van der Waals surface area contributed by atoms with E-state index in [-0.39, 0.29) is 5.75 Å². The van der Waals surface area contributed by atoms with Crippen LogP contribution in [0, 0.1) is 0 Å². The highest BCUT2D eigenvalue weighted by atomic mass is 32.2. The van der Waals surface area contributed by atoms with Crippen LogP contribution in [0.1, 0.15) is 13.3 Å². The Morgan fingerprint density at radius 3 is 2.12 bits per heavy atom. The highest BCUT2D eigenvalue weighted by molar-refractivity contribution is 7.95. The van der Waals surface area contributed by atoms with Gasteiger partial charge in [0.2, 0.25) is 0 Å². The number of aliphatic carboxylic acids is 2. The lowest BCUT2D eigenvalue weighted by Gasteiger charge is -2.23. The first kappa shape index (κ1) is 15.2. The van der Waals surface area contributed by atoms with Crippen LogP contribution in [0.25, 0.3) is 0 Å². The van der Waals surface area contributed by atoms with E-state index in [9.17, 15) is 18.0 Å². The highest BCUT2D eigenvalue weighted by Gasteiger charge is 2.55. The minimum Gasteiger partial charge on any atom is -0.481 e. The van der Waals surface area contributed by atoms with Crippen LogP contribution in [0.4, 0.5) is 0 Å². The average molecular weight is 274 g/mol. The number of hydrogen-bond donors (Lipinski definition) is 3. The molecule has 0 aliphatic heterocycles. The van der Waals surface area contributed by atoms with Crippen molar-refractivity contribution >= 4 is 34.1 Å². The van der Waals surface area contributed by atoms with E-state index < -0.39 is 33.4 Å². The summed E-state index contributed by atoms with van der Waals surface area (Å²) in [6, 6.07) is 0. The summed E-state index contributed by atoms with van der Waals surface area (Å²) in [5.74, 6) is -3.63. The maximum atomic E-state index is 10.9. The molecule has 0 aromatic heterocycles. The van der Waals surface area contributed by atoms with Crippen molar-refractivity contribution in [3.63, 3.8) is 0 Å². The summed E-state index contributed by atoms with van der Waals surface area (Å²) >= 11 is 0.429. The summed E-state index contributed by atoms with van der Waals surface area (Å²) in [7, 11) is -5.22. The molecule has 0 rings (SSSR count). The molecule has 0 saturated carbocycles. The summed E-state index contributed by atoms with van der Waals surface area (Å²) < 4.78 is 35.0. The second kappa shape index (κ2) is 5.48. The molecular formula is C6H10O8S2. The van der Waals surface area contributed by atoms with E-state index in [1.807, 2.05) is 0 Å². The molecule has 3 N–H and O–H groups in total. The standard InChI is InChI=1S/C6H10O8S2/c1-2-15-14-6(5(9)10,3-4(7)8)16(11,12)13/h2-3H2,1H3,(H,7,8)(H,9,10)(H,11,12,13). The van der Waals surface area contributed by atoms with Gasteiger partial charge in [-0.15, -0.1) is 0 Å². The second-order valence-electron chi connectivity index (χ2n) is 2.59. The quantitative estimate of drug-likeness (QED) is 0.426. The molecule has 0 bridgehead atoms. The monoisotopic (exact) mass is 274 g/mol. The Balaban J connectivity index is 5.40. The van der Waals surface area contributed by atoms with Gasteiger partial charge in [-0.3, -0.25) is 13.5 Å². The molecule has 0 aliphatic carbocycles. The summed E-state index contributed by atoms with van der Waals surface area (Å²) in [5, 5.41) is 17.1. The van der Waals surface area contributed by atoms with Gasteiger partial charge in [-0.2, -0.15) is 8.42 Å². The van der Waals surface area contributed by atoms with Gasteiger partial charge in [-0.05, 0) is 12.0 Å². The van der Waals surface area contributed by atoms with Crippen molar-refractivity contribution < 1.29 is 37.0 Å². The SMILES string of the molecule is CCSOC(CC(=O)O)(C(=O)O)S(=O)(=O)O. The molecule has 0 aromatic carbocycles. The molecule has 1 atom stereocenters. The normalized spacial score (nSPS) is 15.4. The van der Waals surface area contributed by atoms with Crippen LogP contribution >= 0.6 is 12.0 Å². The zero-order valence-corrected chi connectivity index (χ0v) is 9.75. The van der Waals surface area contributed by atoms with Crippen molar-refractivity contribution in [3.8, 4) is 0 Å². The molecule has 8 nitrogen and oxygen atoms in total. The fourth-order valence-corrected chi connectivity index (χ4v) is 2.19. The summed E-state index contributed by atoms with van der Waals surface area (Å²) in [6.45, 7) is 1.53. The molecule has 0 heterocycles. The minimum atomic E-state index is -5.22. The Kier molecular flexibility index (Phi) is 5.19. The van der Waals surface area contributed by atoms with Crippen LogP contribution in [-0.4, -0.2) is 45.8 Å². The third-order valence-corrected chi connectivity index (χ3v) is 3.42. The maximum absolute atomic E-state index is 10.9. The molecule has 0 aromatic rings. The van der Waals surface area contributed by atoms with Crippen LogP contribution < -0.4 is 0 Å². The van der Waals surface area contributed by atoms with Crippen LogP contribution in [0.15, 0.2) is 0 Å². The molecule has 0 amide bonds. The van der Waals surface area contributed by atoms with Crippen LogP contribution in [0.2, 0.25) is 0 Å². The van der Waals surface area contributed by atoms with Crippen LogP contribution in [-0.2, 0) is 23.9 Å². The Bertz CT molecular complexity index is 374. The maximum Gasteiger partial charge on any atom is 0.356 e. The molecule has 0 radical (unpaired) electrons. The molecule has 0 aliphatic rings. The molecule has 0 spiro atoms. The zero-order valence-electron chi connectivity index (χ0n) is 8.11. The summed E-state index contributed by atoms with van der Waals surface area (Å²) in [6.07, 6.45) is -1.39. The largest absolute Gasteiger partial charge is 0.481 e. The van der Waals surface area contributed by atoms with E-state index in [4.69, 9.17) is 14.8 Å². The van der Waals surface area contributed by atoms with E-state index in [1.54, 1.807) is 0 Å². The Morgan fingerprint density at radius 2 is 1.88 bits per heavy atom. The number of rotatable bonds is 7. The Morgan fingerprint density at radius 1 is 1.38 bits per heavy atom. The molecule has 94 valence electrons. The highest BCUT2D eigenvalue weighted by Crippen LogP contribution is 2.28. The lowest BCUT2D eigenvalue weighted by Crippen LogP contribution is -2.49. The van der Waals surface area contributed by atoms with Crippen molar-refractivity contribution in [1.82, 2.24) is 0 Å². The van der Waals surface area contributed by atoms with Gasteiger partial charge in [0.05, 0.1) is 0 Å². The first-order valence-corrected chi connectivity index (χ1v) is 6.25. The molecule has 1 unspecified atom stereocenters. The molecule has 16 heavy (non-hydrogen) atoms. The number of carboxylic acids is 2. The van der Waals surface area contributed by atoms with Gasteiger partial charge in [0.15, 0.2) is 0 Å². The predicted molar refractivity (Wildman–Crippen MR) is 53.4 cm³/mol. The van der Waals surface area contributed by atoms with Crippen molar-refractivity contribution in [2.75, 3.05) is 5.75 Å². The lowest BCUT2D eigenvalue weighted by atomic mass is 10.2. The molecule has 0 fully saturated rings. The topological polar surface area (TPSA) is 138 Å². The Labute approximate surface area is 95.5 Å². The fraction of sp³-hybridized carbons (Fsp3) is 0.667. The lowest BCUT2D eigenvalue weighted by molar-refractivity contribution is -0.154. The van der Waals surface area contributed by atoms with Gasteiger partial charge < -0.3 is 10.2 Å². The van der Waals surface area contributed by atoms with Gasteiger partial charge in [0.1, 0.15) is 6.42 Å². The van der Waals surface area contributed by atoms with E-state index >= 15 is 0 Å². The average Bonchev–Trinajstić information content (AvgIpc) is 2.09. The van der Waals surface area contributed by atoms with Crippen molar-refractivity contribution in [1.29, 1.82) is 0 Å². The number of hydrogen-bond acceptors (Lipinski definition) is 6. The first-order chi connectivity index (χ1) is 7.17. The van der Waals surface area contributed by atoms with Gasteiger partial charge >= 0.3 is 27.0 Å². The van der Waals surface area contributed by atoms with Crippen molar-refractivity contribution in [2.24, 2.45) is 0 Å². The molecular weight excluding hydrogens is 264 g/mol. The number of carboxylic acid groups (broad SMARTS) is 2. The van der Waals surface area contributed by atoms with Gasteiger partial charge in [0.25, 0.3) is 0 Å². The fourth-order valence-electron chi connectivity index (χ4n) is 0.738. The Hall–Kier alpha value is -0.840. The van der Waals surface area contributed by atoms with Crippen LogP contribution in [0.5, 0.6) is 0 Å². The van der Waals surface area contributed by atoms with Crippen LogP contribution in [0.3, 0.4) is 0 Å². The van der Waals surface area contributed by atoms with Crippen molar-refractivity contribution in [2.45, 2.75) is 18.3 Å². The van der Waals surface area contributed by atoms with E-state index in [0.717, 1.165) is 0 Å². The van der Waals surface area contributed by atoms with E-state index in [2.05, 4.69) is 4.18 Å². The van der Waals surface area contributed by atoms with Crippen molar-refractivity contribution in [3.05, 3.63) is 0 Å². The predicted octanol–water partition coefficient (Wildman–Crippen LogP) is -0.185. The van der Waals surface area contributed by atoms with E-state index in [1.165, 1.54) is 6.92 Å². The molecule has 10 heteroatoms. The summed E-state index contributed by atoms with van der Waals surface area (Å²) in [4.78, 5) is 18.0. The smallest absolute Gasteiger partial charge is 0.356 e. The van der Waals surface area contributed by atoms with E-state index in [0.29, 0.717) is 12.0 Å². The van der Waals surface area contributed by atoms with Gasteiger partial charge in [-0.25, -0.2) is 4.79 Å². The third-order valence-electron chi connectivity index (χ3n) is 1.44. The van der Waals surface area contributed by atoms with Gasteiger partial charge in [-0.1, -0.05) is 6.92 Å². The van der Waals surface area contributed by atoms with Gasteiger partial charge in [0, 0.05) is 5.75 Å². The third kappa shape index (κ3) is 3.33. The molecule has 0 saturated heterocycles.